The molecule has 1 aliphatic carbocycles. The Morgan fingerprint density at radius 3 is 2.76 bits per heavy atom. The van der Waals surface area contributed by atoms with Crippen LogP contribution in [0.5, 0.6) is 0 Å². The van der Waals surface area contributed by atoms with E-state index in [0.717, 1.165) is 45.3 Å². The maximum atomic E-state index is 12.3. The van der Waals surface area contributed by atoms with E-state index in [1.807, 2.05) is 4.57 Å². The van der Waals surface area contributed by atoms with E-state index in [4.69, 9.17) is 0 Å². The molecule has 1 heterocycles. The monoisotopic (exact) mass is 292 g/mol. The number of aromatic nitrogens is 2. The topological polar surface area (TPSA) is 50.2 Å². The Bertz CT molecular complexity index is 491. The van der Waals surface area contributed by atoms with Gasteiger partial charge < -0.3 is 14.8 Å². The number of nitrogens with one attached hydrogen (secondary N) is 1. The summed E-state index contributed by atoms with van der Waals surface area (Å²) in [4.78, 5) is 18.9. The molecule has 5 heteroatoms. The second-order valence-corrected chi connectivity index (χ2v) is 5.93. The summed E-state index contributed by atoms with van der Waals surface area (Å²) in [6.07, 6.45) is 7.95. The predicted molar refractivity (Wildman–Crippen MR) is 86.9 cm³/mol. The van der Waals surface area contributed by atoms with E-state index in [1.54, 1.807) is 12.4 Å². The molecule has 118 valence electrons. The molecule has 0 aliphatic heterocycles. The molecular formula is C16H28N4O. The number of nitrogens with zero attached hydrogens (tertiary/aromatic N) is 3. The summed E-state index contributed by atoms with van der Waals surface area (Å²) in [6.45, 7) is 9.83. The van der Waals surface area contributed by atoms with Crippen molar-refractivity contribution in [3.63, 3.8) is 0 Å². The zero-order chi connectivity index (χ0) is 15.2. The van der Waals surface area contributed by atoms with Crippen molar-refractivity contribution in [2.24, 2.45) is 0 Å². The van der Waals surface area contributed by atoms with Crippen molar-refractivity contribution in [2.75, 3.05) is 25.0 Å². The summed E-state index contributed by atoms with van der Waals surface area (Å²) >= 11 is 0. The average Bonchev–Trinajstić information content (AvgIpc) is 3.30. The average molecular weight is 292 g/mol. The highest BCUT2D eigenvalue weighted by atomic mass is 16.1. The third kappa shape index (κ3) is 4.56. The lowest BCUT2D eigenvalue weighted by atomic mass is 10.1. The molecule has 1 aromatic heterocycles. The maximum Gasteiger partial charge on any atom is 0.293 e. The van der Waals surface area contributed by atoms with Gasteiger partial charge >= 0.3 is 0 Å². The molecule has 0 bridgehead atoms. The fourth-order valence-corrected chi connectivity index (χ4v) is 2.63. The maximum absolute atomic E-state index is 12.3. The largest absolute Gasteiger partial charge is 0.363 e. The summed E-state index contributed by atoms with van der Waals surface area (Å²) in [5.74, 6) is 0.500. The fourth-order valence-electron chi connectivity index (χ4n) is 2.63. The van der Waals surface area contributed by atoms with Gasteiger partial charge in [0.15, 0.2) is 5.82 Å². The number of hydrogen-bond acceptors (Lipinski definition) is 4. The first-order valence-electron chi connectivity index (χ1n) is 8.21. The Labute approximate surface area is 127 Å². The van der Waals surface area contributed by atoms with Crippen molar-refractivity contribution in [1.29, 1.82) is 0 Å². The second-order valence-electron chi connectivity index (χ2n) is 5.93. The molecule has 0 saturated heterocycles. The summed E-state index contributed by atoms with van der Waals surface area (Å²) in [6, 6.07) is 0.676. The van der Waals surface area contributed by atoms with E-state index in [2.05, 4.69) is 36.0 Å². The third-order valence-electron chi connectivity index (χ3n) is 4.20. The molecule has 0 amide bonds. The third-order valence-corrected chi connectivity index (χ3v) is 4.20. The normalized spacial score (nSPS) is 16.2. The highest BCUT2D eigenvalue weighted by Crippen LogP contribution is 2.33. The summed E-state index contributed by atoms with van der Waals surface area (Å²) in [5, 5.41) is 3.28. The minimum Gasteiger partial charge on any atom is -0.363 e. The van der Waals surface area contributed by atoms with Crippen molar-refractivity contribution >= 4 is 5.82 Å². The molecule has 21 heavy (non-hydrogen) atoms. The molecule has 1 aromatic rings. The van der Waals surface area contributed by atoms with Crippen LogP contribution in [0.2, 0.25) is 0 Å². The number of hydrogen-bond donors (Lipinski definition) is 1. The molecule has 1 atom stereocenters. The predicted octanol–water partition coefficient (Wildman–Crippen LogP) is 2.50. The molecule has 0 aromatic carbocycles. The molecule has 5 nitrogen and oxygen atoms in total. The van der Waals surface area contributed by atoms with Gasteiger partial charge in [-0.25, -0.2) is 4.98 Å². The minimum atomic E-state index is 0.0237. The van der Waals surface area contributed by atoms with Crippen LogP contribution in [-0.4, -0.2) is 40.1 Å². The van der Waals surface area contributed by atoms with E-state index in [-0.39, 0.29) is 11.6 Å². The van der Waals surface area contributed by atoms with E-state index in [1.165, 1.54) is 0 Å². The van der Waals surface area contributed by atoms with Crippen LogP contribution in [0.15, 0.2) is 17.2 Å². The molecule has 0 spiro atoms. The zero-order valence-corrected chi connectivity index (χ0v) is 13.5. The first-order valence-corrected chi connectivity index (χ1v) is 8.21. The van der Waals surface area contributed by atoms with Crippen molar-refractivity contribution in [3.05, 3.63) is 22.7 Å². The summed E-state index contributed by atoms with van der Waals surface area (Å²) in [7, 11) is 0. The molecule has 0 radical (unpaired) electrons. The van der Waals surface area contributed by atoms with Gasteiger partial charge in [-0.1, -0.05) is 13.8 Å². The lowest BCUT2D eigenvalue weighted by Crippen LogP contribution is -2.29. The molecule has 1 unspecified atom stereocenters. The van der Waals surface area contributed by atoms with Crippen LogP contribution in [0.1, 0.15) is 52.5 Å². The first-order chi connectivity index (χ1) is 10.2. The lowest BCUT2D eigenvalue weighted by Gasteiger charge is -2.20. The van der Waals surface area contributed by atoms with Crippen molar-refractivity contribution in [2.45, 2.75) is 58.5 Å². The van der Waals surface area contributed by atoms with E-state index in [9.17, 15) is 4.79 Å². The van der Waals surface area contributed by atoms with E-state index in [0.29, 0.717) is 11.9 Å². The highest BCUT2D eigenvalue weighted by molar-refractivity contribution is 5.32. The van der Waals surface area contributed by atoms with Gasteiger partial charge in [0.1, 0.15) is 0 Å². The van der Waals surface area contributed by atoms with Gasteiger partial charge in [-0.15, -0.1) is 0 Å². The summed E-state index contributed by atoms with van der Waals surface area (Å²) in [5.41, 5.74) is 0.0237. The Morgan fingerprint density at radius 1 is 1.43 bits per heavy atom. The van der Waals surface area contributed by atoms with E-state index >= 15 is 0 Å². The van der Waals surface area contributed by atoms with Crippen LogP contribution in [0.25, 0.3) is 0 Å². The van der Waals surface area contributed by atoms with Gasteiger partial charge in [0, 0.05) is 24.5 Å². The van der Waals surface area contributed by atoms with Gasteiger partial charge in [-0.3, -0.25) is 4.79 Å². The van der Waals surface area contributed by atoms with Gasteiger partial charge in [-0.05, 0) is 52.2 Å². The molecule has 1 saturated carbocycles. The zero-order valence-electron chi connectivity index (χ0n) is 13.5. The van der Waals surface area contributed by atoms with Gasteiger partial charge in [0.25, 0.3) is 5.56 Å². The van der Waals surface area contributed by atoms with Crippen molar-refractivity contribution < 1.29 is 0 Å². The molecular weight excluding hydrogens is 264 g/mol. The van der Waals surface area contributed by atoms with Crippen molar-refractivity contribution in [1.82, 2.24) is 14.5 Å². The Balaban J connectivity index is 1.84. The Kier molecular flexibility index (Phi) is 5.79. The molecule has 1 fully saturated rings. The smallest absolute Gasteiger partial charge is 0.293 e. The highest BCUT2D eigenvalue weighted by Gasteiger charge is 2.25. The van der Waals surface area contributed by atoms with Crippen LogP contribution < -0.4 is 10.9 Å². The SMILES string of the molecule is CCN(CC)CCCC(C)Nc1nccn(C2CC2)c1=O. The Hall–Kier alpha value is -1.36. The minimum absolute atomic E-state index is 0.0237. The summed E-state index contributed by atoms with van der Waals surface area (Å²) < 4.78 is 1.82. The van der Waals surface area contributed by atoms with Crippen LogP contribution in [0.4, 0.5) is 5.82 Å². The molecule has 1 aliphatic rings. The van der Waals surface area contributed by atoms with Gasteiger partial charge in [0.2, 0.25) is 0 Å². The number of anilines is 1. The van der Waals surface area contributed by atoms with Crippen molar-refractivity contribution in [3.8, 4) is 0 Å². The Morgan fingerprint density at radius 2 is 2.14 bits per heavy atom. The first kappa shape index (κ1) is 16.0. The quantitative estimate of drug-likeness (QED) is 0.760. The molecule has 2 rings (SSSR count). The van der Waals surface area contributed by atoms with Crippen LogP contribution in [0.3, 0.4) is 0 Å². The van der Waals surface area contributed by atoms with Crippen LogP contribution >= 0.6 is 0 Å². The molecule has 1 N–H and O–H groups in total. The van der Waals surface area contributed by atoms with E-state index < -0.39 is 0 Å². The number of rotatable bonds is 9. The van der Waals surface area contributed by atoms with Gasteiger partial charge in [-0.2, -0.15) is 0 Å². The van der Waals surface area contributed by atoms with Crippen LogP contribution in [0, 0.1) is 0 Å². The standard InChI is InChI=1S/C16H28N4O/c1-4-19(5-2)11-6-7-13(3)18-15-16(21)20(12-10-17-15)14-8-9-14/h10,12-14H,4-9,11H2,1-3H3,(H,17,18). The second kappa shape index (κ2) is 7.59. The fraction of sp³-hybridized carbons (Fsp3) is 0.750. The van der Waals surface area contributed by atoms with Crippen LogP contribution in [-0.2, 0) is 0 Å². The van der Waals surface area contributed by atoms with Gasteiger partial charge in [0.05, 0.1) is 0 Å². The lowest BCUT2D eigenvalue weighted by molar-refractivity contribution is 0.295.